The lowest BCUT2D eigenvalue weighted by Gasteiger charge is -2.13. The summed E-state index contributed by atoms with van der Waals surface area (Å²) in [7, 11) is 0. The van der Waals surface area contributed by atoms with Gasteiger partial charge in [-0.2, -0.15) is 0 Å². The lowest BCUT2D eigenvalue weighted by molar-refractivity contribution is 0.0918. The molecule has 0 saturated heterocycles. The van der Waals surface area contributed by atoms with Crippen LogP contribution in [0.3, 0.4) is 0 Å². The minimum absolute atomic E-state index is 0.0808. The van der Waals surface area contributed by atoms with Gasteiger partial charge < -0.3 is 10.4 Å². The molecule has 0 fully saturated rings. The van der Waals surface area contributed by atoms with Crippen molar-refractivity contribution >= 4 is 17.2 Å². The van der Waals surface area contributed by atoms with Gasteiger partial charge in [0.15, 0.2) is 0 Å². The van der Waals surface area contributed by atoms with Crippen molar-refractivity contribution < 1.29 is 14.3 Å². The Morgan fingerprint density at radius 1 is 1.41 bits per heavy atom. The summed E-state index contributed by atoms with van der Waals surface area (Å²) in [6.45, 7) is 3.61. The van der Waals surface area contributed by atoms with E-state index in [0.717, 1.165) is 10.6 Å². The number of nitrogens with one attached hydrogen (secondary N) is 1. The number of carbonyl (C=O) groups is 1. The number of amides is 1. The van der Waals surface area contributed by atoms with Gasteiger partial charge in [0, 0.05) is 6.42 Å². The van der Waals surface area contributed by atoms with E-state index in [1.54, 1.807) is 19.1 Å². The number of aryl methyl sites for hydroxylation is 1. The SMILES string of the molecule is CCC(CO)NC(=O)c1sc(Cc2ccc(F)cc2)nc1C. The van der Waals surface area contributed by atoms with Gasteiger partial charge in [-0.3, -0.25) is 4.79 Å². The topological polar surface area (TPSA) is 62.2 Å². The van der Waals surface area contributed by atoms with Crippen molar-refractivity contribution in [2.75, 3.05) is 6.61 Å². The summed E-state index contributed by atoms with van der Waals surface area (Å²) in [5, 5.41) is 12.8. The molecule has 22 heavy (non-hydrogen) atoms. The van der Waals surface area contributed by atoms with Crippen LogP contribution in [-0.4, -0.2) is 28.6 Å². The maximum Gasteiger partial charge on any atom is 0.263 e. The Bertz CT molecular complexity index is 636. The molecule has 1 heterocycles. The molecule has 2 aromatic rings. The van der Waals surface area contributed by atoms with Gasteiger partial charge in [-0.1, -0.05) is 19.1 Å². The van der Waals surface area contributed by atoms with E-state index in [2.05, 4.69) is 10.3 Å². The van der Waals surface area contributed by atoms with Crippen LogP contribution in [-0.2, 0) is 6.42 Å². The minimum atomic E-state index is -0.270. The maximum atomic E-state index is 12.9. The average Bonchev–Trinajstić information content (AvgIpc) is 2.87. The number of benzene rings is 1. The second-order valence-electron chi connectivity index (χ2n) is 5.09. The Morgan fingerprint density at radius 3 is 2.68 bits per heavy atom. The fraction of sp³-hybridized carbons (Fsp3) is 0.375. The van der Waals surface area contributed by atoms with E-state index in [9.17, 15) is 9.18 Å². The molecule has 1 amide bonds. The monoisotopic (exact) mass is 322 g/mol. The van der Waals surface area contributed by atoms with Crippen molar-refractivity contribution in [3.63, 3.8) is 0 Å². The van der Waals surface area contributed by atoms with Crippen LogP contribution in [0.1, 0.15) is 39.3 Å². The zero-order chi connectivity index (χ0) is 16.1. The number of rotatable bonds is 6. The summed E-state index contributed by atoms with van der Waals surface area (Å²) in [5.41, 5.74) is 1.62. The highest BCUT2D eigenvalue weighted by molar-refractivity contribution is 7.13. The fourth-order valence-electron chi connectivity index (χ4n) is 2.04. The molecule has 1 aromatic carbocycles. The molecule has 0 radical (unpaired) electrons. The first kappa shape index (κ1) is 16.6. The molecule has 1 atom stereocenters. The molecular formula is C16H19FN2O2S. The molecular weight excluding hydrogens is 303 g/mol. The third kappa shape index (κ3) is 4.11. The van der Waals surface area contributed by atoms with Crippen molar-refractivity contribution in [3.8, 4) is 0 Å². The molecule has 4 nitrogen and oxygen atoms in total. The smallest absolute Gasteiger partial charge is 0.263 e. The summed E-state index contributed by atoms with van der Waals surface area (Å²) in [4.78, 5) is 17.2. The molecule has 0 bridgehead atoms. The predicted octanol–water partition coefficient (Wildman–Crippen LogP) is 2.68. The van der Waals surface area contributed by atoms with Crippen LogP contribution in [0.15, 0.2) is 24.3 Å². The second-order valence-corrected chi connectivity index (χ2v) is 6.17. The zero-order valence-electron chi connectivity index (χ0n) is 12.6. The molecule has 1 unspecified atom stereocenters. The normalized spacial score (nSPS) is 12.2. The minimum Gasteiger partial charge on any atom is -0.394 e. The van der Waals surface area contributed by atoms with Crippen molar-refractivity contribution in [1.82, 2.24) is 10.3 Å². The fourth-order valence-corrected chi connectivity index (χ4v) is 3.05. The van der Waals surface area contributed by atoms with Gasteiger partial charge in [0.25, 0.3) is 5.91 Å². The largest absolute Gasteiger partial charge is 0.394 e. The molecule has 0 aliphatic heterocycles. The first-order valence-corrected chi connectivity index (χ1v) is 7.97. The molecule has 6 heteroatoms. The number of nitrogens with zero attached hydrogens (tertiary/aromatic N) is 1. The number of hydrogen-bond acceptors (Lipinski definition) is 4. The lowest BCUT2D eigenvalue weighted by Crippen LogP contribution is -2.36. The third-order valence-electron chi connectivity index (χ3n) is 3.36. The quantitative estimate of drug-likeness (QED) is 0.859. The predicted molar refractivity (Wildman–Crippen MR) is 84.7 cm³/mol. The van der Waals surface area contributed by atoms with Gasteiger partial charge in [0.2, 0.25) is 0 Å². The number of aliphatic hydroxyl groups excluding tert-OH is 1. The number of aromatic nitrogens is 1. The Morgan fingerprint density at radius 2 is 2.09 bits per heavy atom. The van der Waals surface area contributed by atoms with Crippen LogP contribution in [0, 0.1) is 12.7 Å². The van der Waals surface area contributed by atoms with E-state index in [0.29, 0.717) is 23.4 Å². The summed E-state index contributed by atoms with van der Waals surface area (Å²) in [6, 6.07) is 6.01. The van der Waals surface area contributed by atoms with E-state index in [1.165, 1.54) is 23.5 Å². The van der Waals surface area contributed by atoms with Gasteiger partial charge in [0.1, 0.15) is 10.7 Å². The Hall–Kier alpha value is -1.79. The number of hydrogen-bond donors (Lipinski definition) is 2. The lowest BCUT2D eigenvalue weighted by atomic mass is 10.1. The van der Waals surface area contributed by atoms with Crippen molar-refractivity contribution in [1.29, 1.82) is 0 Å². The van der Waals surface area contributed by atoms with Crippen molar-refractivity contribution in [3.05, 3.63) is 51.2 Å². The highest BCUT2D eigenvalue weighted by Gasteiger charge is 2.18. The number of aliphatic hydroxyl groups is 1. The van der Waals surface area contributed by atoms with E-state index < -0.39 is 0 Å². The van der Waals surface area contributed by atoms with Crippen LogP contribution in [0.5, 0.6) is 0 Å². The number of thiazole rings is 1. The Kier molecular flexibility index (Phi) is 5.63. The molecule has 1 aromatic heterocycles. The molecule has 2 rings (SSSR count). The standard InChI is InChI=1S/C16H19FN2O2S/c1-3-13(9-20)19-16(21)15-10(2)18-14(22-15)8-11-4-6-12(17)7-5-11/h4-7,13,20H,3,8-9H2,1-2H3,(H,19,21). The third-order valence-corrected chi connectivity index (χ3v) is 4.52. The van der Waals surface area contributed by atoms with E-state index in [-0.39, 0.29) is 24.4 Å². The van der Waals surface area contributed by atoms with E-state index in [1.807, 2.05) is 6.92 Å². The molecule has 118 valence electrons. The number of carbonyl (C=O) groups excluding carboxylic acids is 1. The van der Waals surface area contributed by atoms with Crippen molar-refractivity contribution in [2.45, 2.75) is 32.7 Å². The highest BCUT2D eigenvalue weighted by atomic mass is 32.1. The van der Waals surface area contributed by atoms with E-state index in [4.69, 9.17) is 5.11 Å². The van der Waals surface area contributed by atoms with Gasteiger partial charge in [0.05, 0.1) is 23.4 Å². The molecule has 2 N–H and O–H groups in total. The first-order chi connectivity index (χ1) is 10.5. The molecule has 0 aliphatic rings. The van der Waals surface area contributed by atoms with Crippen LogP contribution in [0.2, 0.25) is 0 Å². The van der Waals surface area contributed by atoms with Crippen LogP contribution in [0.4, 0.5) is 4.39 Å². The molecule has 0 spiro atoms. The zero-order valence-corrected chi connectivity index (χ0v) is 13.4. The van der Waals surface area contributed by atoms with Crippen LogP contribution in [0.25, 0.3) is 0 Å². The summed E-state index contributed by atoms with van der Waals surface area (Å²) in [5.74, 6) is -0.477. The second kappa shape index (κ2) is 7.47. The summed E-state index contributed by atoms with van der Waals surface area (Å²) < 4.78 is 12.9. The Labute approximate surface area is 133 Å². The maximum absolute atomic E-state index is 12.9. The highest BCUT2D eigenvalue weighted by Crippen LogP contribution is 2.21. The summed E-state index contributed by atoms with van der Waals surface area (Å²) in [6.07, 6.45) is 1.23. The number of halogens is 1. The van der Waals surface area contributed by atoms with Gasteiger partial charge in [-0.05, 0) is 31.0 Å². The van der Waals surface area contributed by atoms with Crippen molar-refractivity contribution in [2.24, 2.45) is 0 Å². The average molecular weight is 322 g/mol. The first-order valence-electron chi connectivity index (χ1n) is 7.16. The molecule has 0 aliphatic carbocycles. The van der Waals surface area contributed by atoms with Gasteiger partial charge >= 0.3 is 0 Å². The van der Waals surface area contributed by atoms with E-state index >= 15 is 0 Å². The van der Waals surface area contributed by atoms with Gasteiger partial charge in [-0.15, -0.1) is 11.3 Å². The van der Waals surface area contributed by atoms with Gasteiger partial charge in [-0.25, -0.2) is 9.37 Å². The van der Waals surface area contributed by atoms with Crippen LogP contribution >= 0.6 is 11.3 Å². The van der Waals surface area contributed by atoms with Crippen LogP contribution < -0.4 is 5.32 Å². The Balaban J connectivity index is 2.10. The summed E-state index contributed by atoms with van der Waals surface area (Å²) >= 11 is 1.33. The molecule has 0 saturated carbocycles.